The molecule has 4 aromatic carbocycles. The summed E-state index contributed by atoms with van der Waals surface area (Å²) in [5.74, 6) is -2.94. The molecule has 44 heavy (non-hydrogen) atoms. The highest BCUT2D eigenvalue weighted by Crippen LogP contribution is 2.43. The number of allylic oxidation sites excluding steroid dienone is 1. The normalized spacial score (nSPS) is 14.5. The second kappa shape index (κ2) is 12.8. The molecule has 1 amide bonds. The Bertz CT molecular complexity index is 1800. The molecule has 2 N–H and O–H groups in total. The third kappa shape index (κ3) is 5.40. The van der Waals surface area contributed by atoms with E-state index in [0.717, 1.165) is 0 Å². The van der Waals surface area contributed by atoms with Gasteiger partial charge in [0.2, 0.25) is 0 Å². The SMILES string of the molecule is COC(=O)C1=C(C(=O)OC)N(c2ccc(N(C(=O)c3ccccc3)c3ccccc3)cc2)C(N)=C(C#N)C1c1ccccc1. The predicted molar refractivity (Wildman–Crippen MR) is 165 cm³/mol. The van der Waals surface area contributed by atoms with Gasteiger partial charge in [-0.1, -0.05) is 66.7 Å². The zero-order chi connectivity index (χ0) is 31.2. The molecule has 4 aromatic rings. The first kappa shape index (κ1) is 29.4. The molecule has 5 rings (SSSR count). The van der Waals surface area contributed by atoms with Crippen LogP contribution in [0.25, 0.3) is 0 Å². The van der Waals surface area contributed by atoms with Gasteiger partial charge in [0.15, 0.2) is 0 Å². The van der Waals surface area contributed by atoms with Crippen molar-refractivity contribution in [2.45, 2.75) is 5.92 Å². The van der Waals surface area contributed by atoms with Gasteiger partial charge in [-0.15, -0.1) is 0 Å². The van der Waals surface area contributed by atoms with Crippen LogP contribution in [0.5, 0.6) is 0 Å². The van der Waals surface area contributed by atoms with Crippen LogP contribution in [0, 0.1) is 11.3 Å². The molecule has 0 saturated heterocycles. The molecule has 0 bridgehead atoms. The molecule has 9 nitrogen and oxygen atoms in total. The van der Waals surface area contributed by atoms with Crippen LogP contribution in [0.3, 0.4) is 0 Å². The van der Waals surface area contributed by atoms with Crippen LogP contribution >= 0.6 is 0 Å². The number of rotatable bonds is 7. The molecule has 0 fully saturated rings. The standard InChI is InChI=1S/C35H28N4O5/c1-43-34(41)30-29(23-12-6-3-7-13-23)28(22-36)32(37)39(31(30)35(42)44-2)27-20-18-26(19-21-27)38(25-16-10-5-11-17-25)33(40)24-14-8-4-9-15-24/h3-21,29H,37H2,1-2H3. The number of hydrogen-bond acceptors (Lipinski definition) is 8. The largest absolute Gasteiger partial charge is 0.466 e. The number of benzene rings is 4. The summed E-state index contributed by atoms with van der Waals surface area (Å²) in [6.07, 6.45) is 0. The van der Waals surface area contributed by atoms with Crippen molar-refractivity contribution < 1.29 is 23.9 Å². The summed E-state index contributed by atoms with van der Waals surface area (Å²) in [5, 5.41) is 10.3. The molecule has 0 aliphatic carbocycles. The van der Waals surface area contributed by atoms with E-state index in [1.54, 1.807) is 83.8 Å². The van der Waals surface area contributed by atoms with Crippen molar-refractivity contribution in [3.05, 3.63) is 149 Å². The van der Waals surface area contributed by atoms with Gasteiger partial charge in [0, 0.05) is 22.6 Å². The maximum absolute atomic E-state index is 13.7. The Morgan fingerprint density at radius 1 is 0.750 bits per heavy atom. The average molecular weight is 585 g/mol. The van der Waals surface area contributed by atoms with Crippen molar-refractivity contribution >= 4 is 34.9 Å². The van der Waals surface area contributed by atoms with E-state index in [1.807, 2.05) is 36.4 Å². The Labute approximate surface area is 254 Å². The number of nitriles is 1. The van der Waals surface area contributed by atoms with Crippen molar-refractivity contribution in [1.29, 1.82) is 5.26 Å². The van der Waals surface area contributed by atoms with Gasteiger partial charge in [-0.25, -0.2) is 9.59 Å². The van der Waals surface area contributed by atoms with Crippen molar-refractivity contribution in [2.75, 3.05) is 24.0 Å². The van der Waals surface area contributed by atoms with Crippen LogP contribution in [-0.2, 0) is 19.1 Å². The van der Waals surface area contributed by atoms with Crippen LogP contribution in [0.1, 0.15) is 21.8 Å². The highest BCUT2D eigenvalue weighted by molar-refractivity contribution is 6.11. The lowest BCUT2D eigenvalue weighted by Crippen LogP contribution is -2.40. The third-order valence-corrected chi connectivity index (χ3v) is 7.21. The van der Waals surface area contributed by atoms with Gasteiger partial charge in [-0.05, 0) is 54.1 Å². The molecule has 9 heteroatoms. The number of ether oxygens (including phenoxy) is 2. The van der Waals surface area contributed by atoms with Crippen molar-refractivity contribution in [3.63, 3.8) is 0 Å². The smallest absolute Gasteiger partial charge is 0.355 e. The molecular formula is C35H28N4O5. The Balaban J connectivity index is 1.67. The molecule has 1 atom stereocenters. The highest BCUT2D eigenvalue weighted by Gasteiger charge is 2.43. The van der Waals surface area contributed by atoms with E-state index < -0.39 is 17.9 Å². The van der Waals surface area contributed by atoms with Crippen LogP contribution in [0.2, 0.25) is 0 Å². The zero-order valence-corrected chi connectivity index (χ0v) is 24.0. The lowest BCUT2D eigenvalue weighted by atomic mass is 9.81. The lowest BCUT2D eigenvalue weighted by molar-refractivity contribution is -0.139. The number of anilines is 3. The number of carbonyl (C=O) groups is 3. The first-order valence-electron chi connectivity index (χ1n) is 13.6. The number of nitrogens with zero attached hydrogens (tertiary/aromatic N) is 3. The first-order valence-corrected chi connectivity index (χ1v) is 13.6. The van der Waals surface area contributed by atoms with Gasteiger partial charge in [-0.2, -0.15) is 5.26 Å². The van der Waals surface area contributed by atoms with Crippen LogP contribution < -0.4 is 15.5 Å². The number of amides is 1. The van der Waals surface area contributed by atoms with Crippen LogP contribution in [0.4, 0.5) is 17.1 Å². The van der Waals surface area contributed by atoms with Crippen molar-refractivity contribution in [2.24, 2.45) is 5.73 Å². The van der Waals surface area contributed by atoms with E-state index in [2.05, 4.69) is 6.07 Å². The fourth-order valence-corrected chi connectivity index (χ4v) is 5.20. The number of esters is 2. The number of carbonyl (C=O) groups excluding carboxylic acids is 3. The summed E-state index contributed by atoms with van der Waals surface area (Å²) in [4.78, 5) is 43.2. The Morgan fingerprint density at radius 3 is 1.82 bits per heavy atom. The van der Waals surface area contributed by atoms with Crippen molar-refractivity contribution in [1.82, 2.24) is 0 Å². The third-order valence-electron chi connectivity index (χ3n) is 7.21. The minimum absolute atomic E-state index is 0.0533. The summed E-state index contributed by atoms with van der Waals surface area (Å²) in [7, 11) is 2.39. The summed E-state index contributed by atoms with van der Waals surface area (Å²) in [5.41, 5.74) is 9.00. The lowest BCUT2D eigenvalue weighted by Gasteiger charge is -2.36. The Morgan fingerprint density at radius 2 is 1.27 bits per heavy atom. The van der Waals surface area contributed by atoms with Gasteiger partial charge < -0.3 is 15.2 Å². The monoisotopic (exact) mass is 584 g/mol. The van der Waals surface area contributed by atoms with Crippen LogP contribution in [-0.4, -0.2) is 32.1 Å². The van der Waals surface area contributed by atoms with E-state index in [1.165, 1.54) is 19.1 Å². The van der Waals surface area contributed by atoms with E-state index in [9.17, 15) is 19.6 Å². The average Bonchev–Trinajstić information content (AvgIpc) is 3.08. The highest BCUT2D eigenvalue weighted by atomic mass is 16.5. The first-order chi connectivity index (χ1) is 21.4. The molecular weight excluding hydrogens is 556 g/mol. The summed E-state index contributed by atoms with van der Waals surface area (Å²) < 4.78 is 10.2. The van der Waals surface area contributed by atoms with E-state index in [-0.39, 0.29) is 28.6 Å². The minimum atomic E-state index is -0.977. The molecule has 1 aliphatic rings. The molecule has 1 unspecified atom stereocenters. The second-order valence-electron chi connectivity index (χ2n) is 9.69. The maximum atomic E-state index is 13.7. The summed E-state index contributed by atoms with van der Waals surface area (Å²) in [6, 6.07) is 35.7. The number of nitrogens with two attached hydrogens (primary N) is 1. The molecule has 0 aromatic heterocycles. The van der Waals surface area contributed by atoms with E-state index >= 15 is 0 Å². The van der Waals surface area contributed by atoms with Gasteiger partial charge in [0.25, 0.3) is 5.91 Å². The van der Waals surface area contributed by atoms with E-state index in [0.29, 0.717) is 28.2 Å². The molecule has 0 radical (unpaired) electrons. The molecule has 0 saturated carbocycles. The summed E-state index contributed by atoms with van der Waals surface area (Å²) >= 11 is 0. The zero-order valence-electron chi connectivity index (χ0n) is 24.0. The Kier molecular flexibility index (Phi) is 8.54. The topological polar surface area (TPSA) is 126 Å². The minimum Gasteiger partial charge on any atom is -0.466 e. The summed E-state index contributed by atoms with van der Waals surface area (Å²) in [6.45, 7) is 0. The van der Waals surface area contributed by atoms with Gasteiger partial charge >= 0.3 is 11.9 Å². The molecule has 1 heterocycles. The fraction of sp³-hybridized carbons (Fsp3) is 0.0857. The number of para-hydroxylation sites is 1. The fourth-order valence-electron chi connectivity index (χ4n) is 5.20. The van der Waals surface area contributed by atoms with Crippen LogP contribution in [0.15, 0.2) is 138 Å². The maximum Gasteiger partial charge on any atom is 0.355 e. The van der Waals surface area contributed by atoms with Gasteiger partial charge in [0.05, 0.1) is 37.4 Å². The quantitative estimate of drug-likeness (QED) is 0.280. The molecule has 218 valence electrons. The Hall–Kier alpha value is -6.14. The van der Waals surface area contributed by atoms with E-state index in [4.69, 9.17) is 15.2 Å². The predicted octanol–water partition coefficient (Wildman–Crippen LogP) is 5.56. The molecule has 1 aliphatic heterocycles. The van der Waals surface area contributed by atoms with Gasteiger partial charge in [-0.3, -0.25) is 14.6 Å². The molecule has 0 spiro atoms. The number of hydrogen-bond donors (Lipinski definition) is 1. The van der Waals surface area contributed by atoms with Gasteiger partial charge in [0.1, 0.15) is 11.5 Å². The second-order valence-corrected chi connectivity index (χ2v) is 9.69. The number of methoxy groups -OCH3 is 2. The van der Waals surface area contributed by atoms with Crippen molar-refractivity contribution in [3.8, 4) is 6.07 Å².